The van der Waals surface area contributed by atoms with Crippen molar-refractivity contribution in [1.82, 2.24) is 4.98 Å². The molecule has 0 spiro atoms. The molecular formula is C11H8N2O4. The van der Waals surface area contributed by atoms with Gasteiger partial charge in [-0.05, 0) is 28.1 Å². The van der Waals surface area contributed by atoms with Crippen LogP contribution >= 0.6 is 0 Å². The molecule has 0 aliphatic carbocycles. The third kappa shape index (κ3) is 2.49. The largest absolute Gasteiger partial charge is 0.504 e. The first-order valence-electron chi connectivity index (χ1n) is 4.73. The number of hydrogen-bond donors (Lipinski definition) is 1. The lowest BCUT2D eigenvalue weighted by molar-refractivity contribution is -0.389. The summed E-state index contributed by atoms with van der Waals surface area (Å²) in [4.78, 5) is 13.4. The van der Waals surface area contributed by atoms with E-state index in [4.69, 9.17) is 4.74 Å². The highest BCUT2D eigenvalue weighted by Gasteiger charge is 2.08. The van der Waals surface area contributed by atoms with E-state index in [1.165, 1.54) is 24.4 Å². The Morgan fingerprint density at radius 3 is 2.59 bits per heavy atom. The van der Waals surface area contributed by atoms with Gasteiger partial charge >= 0.3 is 5.82 Å². The van der Waals surface area contributed by atoms with Crippen LogP contribution in [0.25, 0.3) is 0 Å². The summed E-state index contributed by atoms with van der Waals surface area (Å²) in [5, 5.41) is 19.8. The molecular weight excluding hydrogens is 224 g/mol. The van der Waals surface area contributed by atoms with E-state index in [2.05, 4.69) is 4.98 Å². The molecule has 2 rings (SSSR count). The summed E-state index contributed by atoms with van der Waals surface area (Å²) in [5.41, 5.74) is 0. The van der Waals surface area contributed by atoms with Crippen LogP contribution in [0, 0.1) is 10.1 Å². The Bertz CT molecular complexity index is 539. The predicted octanol–water partition coefficient (Wildman–Crippen LogP) is 2.49. The van der Waals surface area contributed by atoms with Crippen molar-refractivity contribution in [2.75, 3.05) is 0 Å². The molecule has 86 valence electrons. The van der Waals surface area contributed by atoms with Crippen LogP contribution in [0.2, 0.25) is 0 Å². The molecule has 0 aliphatic heterocycles. The molecule has 6 nitrogen and oxygen atoms in total. The number of ether oxygens (including phenoxy) is 1. The number of benzene rings is 1. The Morgan fingerprint density at radius 2 is 2.00 bits per heavy atom. The number of nitrogens with zero attached hydrogens (tertiary/aromatic N) is 2. The first-order valence-corrected chi connectivity index (χ1v) is 4.73. The summed E-state index contributed by atoms with van der Waals surface area (Å²) < 4.78 is 5.31. The topological polar surface area (TPSA) is 85.5 Å². The molecule has 0 atom stereocenters. The molecule has 6 heteroatoms. The molecule has 17 heavy (non-hydrogen) atoms. The molecule has 0 fully saturated rings. The number of hydrogen-bond acceptors (Lipinski definition) is 5. The predicted molar refractivity (Wildman–Crippen MR) is 59.1 cm³/mol. The van der Waals surface area contributed by atoms with Gasteiger partial charge in [0.25, 0.3) is 0 Å². The summed E-state index contributed by atoms with van der Waals surface area (Å²) in [6.07, 6.45) is 1.23. The number of nitro groups is 1. The summed E-state index contributed by atoms with van der Waals surface area (Å²) in [7, 11) is 0. The maximum absolute atomic E-state index is 10.4. The molecule has 0 radical (unpaired) electrons. The smallest absolute Gasteiger partial charge is 0.363 e. The second-order valence-corrected chi connectivity index (χ2v) is 3.18. The second kappa shape index (κ2) is 4.48. The monoisotopic (exact) mass is 232 g/mol. The number of aromatic hydroxyl groups is 1. The van der Waals surface area contributed by atoms with Crippen molar-refractivity contribution in [2.45, 2.75) is 0 Å². The Kier molecular flexibility index (Phi) is 2.87. The number of aromatic nitrogens is 1. The summed E-state index contributed by atoms with van der Waals surface area (Å²) >= 11 is 0. The molecule has 0 bridgehead atoms. The molecule has 2 aromatic rings. The van der Waals surface area contributed by atoms with Gasteiger partial charge in [0.05, 0.1) is 0 Å². The lowest BCUT2D eigenvalue weighted by Crippen LogP contribution is -1.92. The van der Waals surface area contributed by atoms with E-state index < -0.39 is 4.92 Å². The fraction of sp³-hybridized carbons (Fsp3) is 0. The van der Waals surface area contributed by atoms with Gasteiger partial charge in [0.2, 0.25) is 0 Å². The van der Waals surface area contributed by atoms with Crippen LogP contribution in [0.5, 0.6) is 17.2 Å². The van der Waals surface area contributed by atoms with Gasteiger partial charge < -0.3 is 20.0 Å². The molecule has 1 aromatic carbocycles. The molecule has 0 unspecified atom stereocenters. The highest BCUT2D eigenvalue weighted by Crippen LogP contribution is 2.29. The fourth-order valence-electron chi connectivity index (χ4n) is 1.21. The van der Waals surface area contributed by atoms with E-state index in [0.29, 0.717) is 5.75 Å². The zero-order valence-corrected chi connectivity index (χ0v) is 8.61. The maximum atomic E-state index is 10.4. The van der Waals surface area contributed by atoms with E-state index >= 15 is 0 Å². The lowest BCUT2D eigenvalue weighted by Gasteiger charge is -2.05. The maximum Gasteiger partial charge on any atom is 0.363 e. The van der Waals surface area contributed by atoms with Crippen molar-refractivity contribution in [2.24, 2.45) is 0 Å². The van der Waals surface area contributed by atoms with Gasteiger partial charge in [-0.1, -0.05) is 12.1 Å². The van der Waals surface area contributed by atoms with Crippen LogP contribution in [-0.2, 0) is 0 Å². The zero-order chi connectivity index (χ0) is 12.3. The number of phenols is 1. The third-order valence-corrected chi connectivity index (χ3v) is 2.00. The standard InChI is InChI=1S/C11H8N2O4/c14-9-3-1-2-4-10(9)17-8-5-6-11(12-7-8)13(15)16/h1-7,14H. The number of pyridine rings is 1. The summed E-state index contributed by atoms with van der Waals surface area (Å²) in [6, 6.07) is 9.07. The van der Waals surface area contributed by atoms with Crippen molar-refractivity contribution < 1.29 is 14.8 Å². The quantitative estimate of drug-likeness (QED) is 0.649. The number of phenolic OH excluding ortho intramolecular Hbond substituents is 1. The Labute approximate surface area is 96.3 Å². The van der Waals surface area contributed by atoms with Gasteiger partial charge in [-0.3, -0.25) is 0 Å². The zero-order valence-electron chi connectivity index (χ0n) is 8.61. The minimum atomic E-state index is -0.593. The average molecular weight is 232 g/mol. The molecule has 1 aromatic heterocycles. The van der Waals surface area contributed by atoms with Crippen molar-refractivity contribution in [1.29, 1.82) is 0 Å². The lowest BCUT2D eigenvalue weighted by atomic mass is 10.3. The first-order chi connectivity index (χ1) is 8.16. The van der Waals surface area contributed by atoms with Crippen molar-refractivity contribution in [3.8, 4) is 17.2 Å². The molecule has 0 aliphatic rings. The highest BCUT2D eigenvalue weighted by molar-refractivity contribution is 5.41. The van der Waals surface area contributed by atoms with Crippen LogP contribution in [-0.4, -0.2) is 15.0 Å². The van der Waals surface area contributed by atoms with Gasteiger partial charge in [0.15, 0.2) is 23.4 Å². The Balaban J connectivity index is 2.20. The van der Waals surface area contributed by atoms with Crippen molar-refractivity contribution in [3.05, 3.63) is 52.7 Å². The Morgan fingerprint density at radius 1 is 1.24 bits per heavy atom. The molecule has 0 saturated carbocycles. The van der Waals surface area contributed by atoms with Gasteiger partial charge in [-0.25, -0.2) is 0 Å². The Hall–Kier alpha value is -2.63. The fourth-order valence-corrected chi connectivity index (χ4v) is 1.21. The molecule has 1 heterocycles. The van der Waals surface area contributed by atoms with E-state index in [9.17, 15) is 15.2 Å². The molecule has 1 N–H and O–H groups in total. The summed E-state index contributed by atoms with van der Waals surface area (Å²) in [5.74, 6) is 0.320. The van der Waals surface area contributed by atoms with Crippen LogP contribution in [0.1, 0.15) is 0 Å². The van der Waals surface area contributed by atoms with Crippen molar-refractivity contribution in [3.63, 3.8) is 0 Å². The van der Waals surface area contributed by atoms with Crippen LogP contribution < -0.4 is 4.74 Å². The van der Waals surface area contributed by atoms with Gasteiger partial charge in [-0.15, -0.1) is 0 Å². The van der Waals surface area contributed by atoms with E-state index in [-0.39, 0.29) is 17.3 Å². The SMILES string of the molecule is O=[N+]([O-])c1ccc(Oc2ccccc2O)cn1. The van der Waals surface area contributed by atoms with Crippen LogP contribution in [0.15, 0.2) is 42.6 Å². The highest BCUT2D eigenvalue weighted by atomic mass is 16.6. The average Bonchev–Trinajstić information content (AvgIpc) is 2.33. The minimum absolute atomic E-state index is 0.00847. The number of rotatable bonds is 3. The van der Waals surface area contributed by atoms with Crippen molar-refractivity contribution >= 4 is 5.82 Å². The van der Waals surface area contributed by atoms with E-state index in [0.717, 1.165) is 0 Å². The normalized spacial score (nSPS) is 9.88. The molecule has 0 amide bonds. The summed E-state index contributed by atoms with van der Waals surface area (Å²) in [6.45, 7) is 0. The van der Waals surface area contributed by atoms with Gasteiger partial charge in [0, 0.05) is 6.07 Å². The van der Waals surface area contributed by atoms with E-state index in [1.807, 2.05) is 0 Å². The van der Waals surface area contributed by atoms with E-state index in [1.54, 1.807) is 18.2 Å². The van der Waals surface area contributed by atoms with Gasteiger partial charge in [0.1, 0.15) is 0 Å². The van der Waals surface area contributed by atoms with Gasteiger partial charge in [-0.2, -0.15) is 0 Å². The number of para-hydroxylation sites is 2. The molecule has 0 saturated heterocycles. The third-order valence-electron chi connectivity index (χ3n) is 2.00. The minimum Gasteiger partial charge on any atom is -0.504 e. The first kappa shape index (κ1) is 10.9. The van der Waals surface area contributed by atoms with Crippen LogP contribution in [0.4, 0.5) is 5.82 Å². The second-order valence-electron chi connectivity index (χ2n) is 3.18. The van der Waals surface area contributed by atoms with Crippen LogP contribution in [0.3, 0.4) is 0 Å².